The fraction of sp³-hybridized carbons (Fsp3) is 0.562. The second-order valence-electron chi connectivity index (χ2n) is 6.43. The molecule has 1 N–H and O–H groups in total. The topological polar surface area (TPSA) is 29.9 Å². The van der Waals surface area contributed by atoms with Crippen molar-refractivity contribution in [3.05, 3.63) is 23.0 Å². The molecule has 2 aromatic rings. The lowest BCUT2D eigenvalue weighted by molar-refractivity contribution is 0.146. The van der Waals surface area contributed by atoms with E-state index in [9.17, 15) is 0 Å². The van der Waals surface area contributed by atoms with E-state index in [1.165, 1.54) is 25.7 Å². The average molecular weight is 290 g/mol. The van der Waals surface area contributed by atoms with Crippen LogP contribution in [-0.4, -0.2) is 16.7 Å². The maximum atomic E-state index is 5.58. The van der Waals surface area contributed by atoms with Crippen LogP contribution in [0.1, 0.15) is 45.6 Å². The Kier molecular flexibility index (Phi) is 3.36. The molecule has 1 aromatic heterocycles. The molecule has 20 heavy (non-hydrogen) atoms. The zero-order valence-corrected chi connectivity index (χ0v) is 13.2. The lowest BCUT2D eigenvalue weighted by Gasteiger charge is -2.39. The highest BCUT2D eigenvalue weighted by Gasteiger charge is 2.34. The van der Waals surface area contributed by atoms with Gasteiger partial charge in [0.25, 0.3) is 0 Å². The second-order valence-corrected chi connectivity index (χ2v) is 6.82. The van der Waals surface area contributed by atoms with Crippen molar-refractivity contribution >= 4 is 23.3 Å². The summed E-state index contributed by atoms with van der Waals surface area (Å²) >= 11 is 5.58. The molecule has 3 rings (SSSR count). The highest BCUT2D eigenvalue weighted by atomic mass is 32.1. The number of nitrogens with one attached hydrogen (secondary N) is 1. The predicted octanol–water partition coefficient (Wildman–Crippen LogP) is 4.85. The van der Waals surface area contributed by atoms with Crippen LogP contribution in [0.2, 0.25) is 0 Å². The highest BCUT2D eigenvalue weighted by molar-refractivity contribution is 7.71. The first-order valence-electron chi connectivity index (χ1n) is 7.31. The Morgan fingerprint density at radius 2 is 2.15 bits per heavy atom. The molecule has 1 aliphatic carbocycles. The molecule has 0 radical (unpaired) electrons. The quantitative estimate of drug-likeness (QED) is 0.801. The minimum atomic E-state index is 0.286. The summed E-state index contributed by atoms with van der Waals surface area (Å²) < 4.78 is 8.50. The molecule has 0 spiro atoms. The summed E-state index contributed by atoms with van der Waals surface area (Å²) in [7, 11) is 1.71. The monoisotopic (exact) mass is 290 g/mol. The summed E-state index contributed by atoms with van der Waals surface area (Å²) in [6.45, 7) is 4.72. The summed E-state index contributed by atoms with van der Waals surface area (Å²) in [6, 6.07) is 6.58. The number of benzene rings is 1. The second kappa shape index (κ2) is 4.92. The highest BCUT2D eigenvalue weighted by Crippen LogP contribution is 2.45. The van der Waals surface area contributed by atoms with Crippen molar-refractivity contribution in [3.8, 4) is 5.75 Å². The van der Waals surface area contributed by atoms with Gasteiger partial charge in [-0.25, -0.2) is 0 Å². The number of hydrogen-bond donors (Lipinski definition) is 1. The van der Waals surface area contributed by atoms with E-state index in [0.29, 0.717) is 6.04 Å². The van der Waals surface area contributed by atoms with Crippen molar-refractivity contribution in [1.82, 2.24) is 9.55 Å². The first-order valence-corrected chi connectivity index (χ1v) is 7.72. The number of ether oxygens (including phenoxy) is 1. The first kappa shape index (κ1) is 13.7. The molecule has 108 valence electrons. The predicted molar refractivity (Wildman–Crippen MR) is 85.0 cm³/mol. The van der Waals surface area contributed by atoms with E-state index in [4.69, 9.17) is 17.0 Å². The number of aromatic amines is 1. The molecule has 3 nitrogen and oxygen atoms in total. The van der Waals surface area contributed by atoms with Crippen molar-refractivity contribution in [1.29, 1.82) is 0 Å². The normalized spacial score (nSPS) is 22.1. The summed E-state index contributed by atoms with van der Waals surface area (Å²) in [5.74, 6) is 0.883. The van der Waals surface area contributed by atoms with Gasteiger partial charge in [-0.05, 0) is 42.6 Å². The number of nitrogens with zero attached hydrogens (tertiary/aromatic N) is 1. The van der Waals surface area contributed by atoms with Crippen LogP contribution in [-0.2, 0) is 0 Å². The van der Waals surface area contributed by atoms with Crippen molar-refractivity contribution in [2.45, 2.75) is 45.6 Å². The standard InChI is InChI=1S/C16H22N2OS/c1-16(2)9-5-4-6-14(16)18-13-10-11(19-3)7-8-12(13)17-15(18)20/h7-8,10,14H,4-6,9H2,1-3H3,(H,17,20). The fourth-order valence-electron chi connectivity index (χ4n) is 3.49. The zero-order valence-electron chi connectivity index (χ0n) is 12.4. The fourth-order valence-corrected chi connectivity index (χ4v) is 3.83. The van der Waals surface area contributed by atoms with Gasteiger partial charge in [-0.2, -0.15) is 0 Å². The van der Waals surface area contributed by atoms with Crippen LogP contribution in [0, 0.1) is 10.2 Å². The van der Waals surface area contributed by atoms with Crippen LogP contribution in [0.5, 0.6) is 5.75 Å². The number of hydrogen-bond acceptors (Lipinski definition) is 2. The van der Waals surface area contributed by atoms with Gasteiger partial charge in [-0.3, -0.25) is 0 Å². The Morgan fingerprint density at radius 1 is 1.35 bits per heavy atom. The van der Waals surface area contributed by atoms with Crippen LogP contribution in [0.25, 0.3) is 11.0 Å². The van der Waals surface area contributed by atoms with Gasteiger partial charge in [-0.15, -0.1) is 0 Å². The van der Waals surface area contributed by atoms with Gasteiger partial charge < -0.3 is 14.3 Å². The van der Waals surface area contributed by atoms with Gasteiger partial charge in [0.15, 0.2) is 4.77 Å². The molecule has 0 bridgehead atoms. The SMILES string of the molecule is COc1ccc2[nH]c(=S)n(C3CCCCC3(C)C)c2c1. The van der Waals surface area contributed by atoms with Crippen LogP contribution in [0.15, 0.2) is 18.2 Å². The molecular formula is C16H22N2OS. The number of imidazole rings is 1. The minimum Gasteiger partial charge on any atom is -0.497 e. The largest absolute Gasteiger partial charge is 0.497 e. The van der Waals surface area contributed by atoms with Crippen molar-refractivity contribution in [3.63, 3.8) is 0 Å². The molecule has 1 fully saturated rings. The van der Waals surface area contributed by atoms with Gasteiger partial charge in [0.1, 0.15) is 5.75 Å². The lowest BCUT2D eigenvalue weighted by Crippen LogP contribution is -2.30. The van der Waals surface area contributed by atoms with E-state index in [2.05, 4.69) is 35.5 Å². The molecule has 4 heteroatoms. The van der Waals surface area contributed by atoms with Crippen molar-refractivity contribution < 1.29 is 4.74 Å². The molecule has 1 aliphatic rings. The molecule has 1 saturated carbocycles. The third-order valence-electron chi connectivity index (χ3n) is 4.69. The Balaban J connectivity index is 2.19. The molecule has 0 aliphatic heterocycles. The van der Waals surface area contributed by atoms with Gasteiger partial charge in [-0.1, -0.05) is 26.7 Å². The van der Waals surface area contributed by atoms with E-state index >= 15 is 0 Å². The molecule has 1 aromatic carbocycles. The molecular weight excluding hydrogens is 268 g/mol. The Bertz CT molecular complexity index is 683. The molecule has 1 unspecified atom stereocenters. The lowest BCUT2D eigenvalue weighted by atomic mass is 9.73. The summed E-state index contributed by atoms with van der Waals surface area (Å²) in [5, 5.41) is 0. The zero-order chi connectivity index (χ0) is 14.3. The van der Waals surface area contributed by atoms with Gasteiger partial charge >= 0.3 is 0 Å². The Hall–Kier alpha value is -1.29. The van der Waals surface area contributed by atoms with Gasteiger partial charge in [0.2, 0.25) is 0 Å². The molecule has 1 atom stereocenters. The smallest absolute Gasteiger partial charge is 0.178 e. The van der Waals surface area contributed by atoms with Crippen LogP contribution >= 0.6 is 12.2 Å². The van der Waals surface area contributed by atoms with Crippen molar-refractivity contribution in [2.24, 2.45) is 5.41 Å². The number of fused-ring (bicyclic) bond motifs is 1. The molecule has 0 saturated heterocycles. The summed E-state index contributed by atoms with van der Waals surface area (Å²) in [4.78, 5) is 3.34. The third kappa shape index (κ3) is 2.16. The number of aromatic nitrogens is 2. The maximum absolute atomic E-state index is 5.58. The summed E-state index contributed by atoms with van der Waals surface area (Å²) in [6.07, 6.45) is 5.07. The van der Waals surface area contributed by atoms with Crippen molar-refractivity contribution in [2.75, 3.05) is 7.11 Å². The molecule has 0 amide bonds. The minimum absolute atomic E-state index is 0.286. The Labute approximate surface area is 125 Å². The number of H-pyrrole nitrogens is 1. The first-order chi connectivity index (χ1) is 9.53. The van der Waals surface area contributed by atoms with Crippen LogP contribution < -0.4 is 4.74 Å². The molecule has 1 heterocycles. The van der Waals surface area contributed by atoms with E-state index < -0.39 is 0 Å². The van der Waals surface area contributed by atoms with E-state index in [-0.39, 0.29) is 5.41 Å². The van der Waals surface area contributed by atoms with Gasteiger partial charge in [0, 0.05) is 12.1 Å². The van der Waals surface area contributed by atoms with Crippen LogP contribution in [0.3, 0.4) is 0 Å². The van der Waals surface area contributed by atoms with Gasteiger partial charge in [0.05, 0.1) is 18.1 Å². The summed E-state index contributed by atoms with van der Waals surface area (Å²) in [5.41, 5.74) is 2.54. The van der Waals surface area contributed by atoms with E-state index in [0.717, 1.165) is 21.6 Å². The maximum Gasteiger partial charge on any atom is 0.178 e. The Morgan fingerprint density at radius 3 is 2.85 bits per heavy atom. The number of methoxy groups -OCH3 is 1. The number of rotatable bonds is 2. The van der Waals surface area contributed by atoms with Crippen LogP contribution in [0.4, 0.5) is 0 Å². The third-order valence-corrected chi connectivity index (χ3v) is 4.99. The average Bonchev–Trinajstić information content (AvgIpc) is 2.73. The van der Waals surface area contributed by atoms with E-state index in [1.807, 2.05) is 6.07 Å². The van der Waals surface area contributed by atoms with E-state index in [1.54, 1.807) is 7.11 Å².